The fourth-order valence-corrected chi connectivity index (χ4v) is 0.976. The van der Waals surface area contributed by atoms with Gasteiger partial charge in [-0.15, -0.1) is 0 Å². The quantitative estimate of drug-likeness (QED) is 0.360. The zero-order valence-electron chi connectivity index (χ0n) is 7.67. The average Bonchev–Trinajstić information content (AvgIpc) is 2.11. The smallest absolute Gasteiger partial charge is 0.325 e. The molecule has 1 unspecified atom stereocenters. The number of carbonyl (C=O) groups is 1. The molecule has 0 fully saturated rings. The van der Waals surface area contributed by atoms with Crippen LogP contribution in [-0.4, -0.2) is 24.3 Å². The van der Waals surface area contributed by atoms with Crippen molar-refractivity contribution in [3.63, 3.8) is 0 Å². The van der Waals surface area contributed by atoms with Gasteiger partial charge in [0.25, 0.3) is 0 Å². The van der Waals surface area contributed by atoms with Crippen LogP contribution < -0.4 is 5.48 Å². The highest BCUT2D eigenvalue weighted by Gasteiger charge is 2.16. The van der Waals surface area contributed by atoms with Gasteiger partial charge < -0.3 is 9.94 Å². The molecular weight excluding hydrogens is 158 g/mol. The Morgan fingerprint density at radius 1 is 1.58 bits per heavy atom. The van der Waals surface area contributed by atoms with E-state index in [0.29, 0.717) is 6.42 Å². The number of esters is 1. The van der Waals surface area contributed by atoms with Crippen LogP contribution in [0.25, 0.3) is 0 Å². The molecule has 0 bridgehead atoms. The van der Waals surface area contributed by atoms with E-state index in [2.05, 4.69) is 11.7 Å². The number of hydrogen-bond donors (Lipinski definition) is 2. The molecule has 1 atom stereocenters. The number of methoxy groups -OCH3 is 1. The van der Waals surface area contributed by atoms with Crippen LogP contribution in [0.15, 0.2) is 0 Å². The van der Waals surface area contributed by atoms with Gasteiger partial charge in [0.1, 0.15) is 6.04 Å². The number of nitrogens with one attached hydrogen (secondary N) is 1. The Morgan fingerprint density at radius 2 is 2.25 bits per heavy atom. The van der Waals surface area contributed by atoms with Crippen LogP contribution in [-0.2, 0) is 9.53 Å². The Morgan fingerprint density at radius 3 is 2.67 bits per heavy atom. The second kappa shape index (κ2) is 7.06. The zero-order valence-corrected chi connectivity index (χ0v) is 7.67. The third kappa shape index (κ3) is 4.31. The number of hydroxylamine groups is 1. The molecule has 4 nitrogen and oxygen atoms in total. The van der Waals surface area contributed by atoms with Crippen molar-refractivity contribution in [3.8, 4) is 0 Å². The summed E-state index contributed by atoms with van der Waals surface area (Å²) in [6.45, 7) is 2.08. The molecular formula is C8H17NO3. The van der Waals surface area contributed by atoms with E-state index >= 15 is 0 Å². The van der Waals surface area contributed by atoms with E-state index < -0.39 is 12.0 Å². The van der Waals surface area contributed by atoms with Crippen molar-refractivity contribution < 1.29 is 14.7 Å². The fraction of sp³-hybridized carbons (Fsp3) is 0.875. The molecule has 12 heavy (non-hydrogen) atoms. The Hall–Kier alpha value is -0.610. The first-order valence-corrected chi connectivity index (χ1v) is 4.23. The number of rotatable bonds is 6. The summed E-state index contributed by atoms with van der Waals surface area (Å²) in [5.41, 5.74) is 1.94. The van der Waals surface area contributed by atoms with E-state index in [1.54, 1.807) is 0 Å². The molecule has 0 aliphatic heterocycles. The third-order valence-electron chi connectivity index (χ3n) is 1.74. The molecule has 0 heterocycles. The highest BCUT2D eigenvalue weighted by atomic mass is 16.5. The predicted molar refractivity (Wildman–Crippen MR) is 44.9 cm³/mol. The van der Waals surface area contributed by atoms with Crippen LogP contribution in [0, 0.1) is 0 Å². The van der Waals surface area contributed by atoms with Gasteiger partial charge in [-0.05, 0) is 6.42 Å². The van der Waals surface area contributed by atoms with Gasteiger partial charge in [0, 0.05) is 0 Å². The topological polar surface area (TPSA) is 58.6 Å². The zero-order chi connectivity index (χ0) is 9.40. The SMILES string of the molecule is CCCCCC(NO)C(=O)OC. The molecule has 0 amide bonds. The molecule has 0 aliphatic rings. The van der Waals surface area contributed by atoms with Gasteiger partial charge in [0.15, 0.2) is 0 Å². The molecule has 72 valence electrons. The summed E-state index contributed by atoms with van der Waals surface area (Å²) in [4.78, 5) is 10.9. The van der Waals surface area contributed by atoms with E-state index in [1.807, 2.05) is 5.48 Å². The van der Waals surface area contributed by atoms with Crippen molar-refractivity contribution >= 4 is 5.97 Å². The van der Waals surface area contributed by atoms with E-state index in [-0.39, 0.29) is 0 Å². The third-order valence-corrected chi connectivity index (χ3v) is 1.74. The van der Waals surface area contributed by atoms with Gasteiger partial charge in [-0.3, -0.25) is 4.79 Å². The van der Waals surface area contributed by atoms with Crippen LogP contribution in [0.3, 0.4) is 0 Å². The van der Waals surface area contributed by atoms with Gasteiger partial charge in [-0.25, -0.2) is 0 Å². The van der Waals surface area contributed by atoms with E-state index in [4.69, 9.17) is 5.21 Å². The summed E-state index contributed by atoms with van der Waals surface area (Å²) in [7, 11) is 1.31. The molecule has 0 saturated heterocycles. The lowest BCUT2D eigenvalue weighted by Crippen LogP contribution is -2.35. The first-order chi connectivity index (χ1) is 5.76. The fourth-order valence-electron chi connectivity index (χ4n) is 0.976. The maximum Gasteiger partial charge on any atom is 0.325 e. The van der Waals surface area contributed by atoms with Crippen molar-refractivity contribution in [1.82, 2.24) is 5.48 Å². The molecule has 0 aliphatic carbocycles. The minimum atomic E-state index is -0.568. The predicted octanol–water partition coefficient (Wildman–Crippen LogP) is 1.09. The lowest BCUT2D eigenvalue weighted by molar-refractivity contribution is -0.146. The first-order valence-electron chi connectivity index (χ1n) is 4.23. The van der Waals surface area contributed by atoms with Gasteiger partial charge in [-0.2, -0.15) is 5.48 Å². The number of ether oxygens (including phenoxy) is 1. The molecule has 0 aromatic rings. The van der Waals surface area contributed by atoms with Crippen LogP contribution in [0.2, 0.25) is 0 Å². The first kappa shape index (κ1) is 11.4. The summed E-state index contributed by atoms with van der Waals surface area (Å²) in [6.07, 6.45) is 3.70. The van der Waals surface area contributed by atoms with Crippen LogP contribution in [0.4, 0.5) is 0 Å². The minimum absolute atomic E-state index is 0.409. The maximum absolute atomic E-state index is 10.9. The minimum Gasteiger partial charge on any atom is -0.468 e. The van der Waals surface area contributed by atoms with Crippen molar-refractivity contribution in [2.24, 2.45) is 0 Å². The van der Waals surface area contributed by atoms with Crippen LogP contribution in [0.1, 0.15) is 32.6 Å². The summed E-state index contributed by atoms with van der Waals surface area (Å²) in [5, 5.41) is 8.58. The standard InChI is InChI=1S/C8H17NO3/c1-3-4-5-6-7(9-11)8(10)12-2/h7,9,11H,3-6H2,1-2H3. The van der Waals surface area contributed by atoms with Gasteiger partial charge in [0.05, 0.1) is 7.11 Å². The normalized spacial score (nSPS) is 12.6. The number of carbonyl (C=O) groups excluding carboxylic acids is 1. The Balaban J connectivity index is 3.60. The highest BCUT2D eigenvalue weighted by molar-refractivity contribution is 5.75. The molecule has 2 N–H and O–H groups in total. The Bertz CT molecular complexity index is 127. The second-order valence-electron chi connectivity index (χ2n) is 2.70. The Labute approximate surface area is 72.9 Å². The maximum atomic E-state index is 10.9. The molecule has 0 rings (SSSR count). The molecule has 0 saturated carbocycles. The number of hydrogen-bond acceptors (Lipinski definition) is 4. The summed E-state index contributed by atoms with van der Waals surface area (Å²) >= 11 is 0. The highest BCUT2D eigenvalue weighted by Crippen LogP contribution is 2.03. The van der Waals surface area contributed by atoms with Crippen LogP contribution in [0.5, 0.6) is 0 Å². The van der Waals surface area contributed by atoms with Crippen molar-refractivity contribution in [3.05, 3.63) is 0 Å². The average molecular weight is 175 g/mol. The lowest BCUT2D eigenvalue weighted by Gasteiger charge is -2.11. The van der Waals surface area contributed by atoms with Crippen LogP contribution >= 0.6 is 0 Å². The summed E-state index contributed by atoms with van der Waals surface area (Å²) in [5.74, 6) is -0.409. The van der Waals surface area contributed by atoms with E-state index in [1.165, 1.54) is 7.11 Å². The Kier molecular flexibility index (Phi) is 6.70. The summed E-state index contributed by atoms with van der Waals surface area (Å²) in [6, 6.07) is -0.568. The molecule has 0 radical (unpaired) electrons. The van der Waals surface area contributed by atoms with Crippen molar-refractivity contribution in [2.75, 3.05) is 7.11 Å². The molecule has 0 spiro atoms. The number of unbranched alkanes of at least 4 members (excludes halogenated alkanes) is 2. The molecule has 0 aromatic carbocycles. The second-order valence-corrected chi connectivity index (χ2v) is 2.70. The van der Waals surface area contributed by atoms with Gasteiger partial charge in [0.2, 0.25) is 0 Å². The van der Waals surface area contributed by atoms with E-state index in [0.717, 1.165) is 19.3 Å². The monoisotopic (exact) mass is 175 g/mol. The van der Waals surface area contributed by atoms with Gasteiger partial charge in [-0.1, -0.05) is 26.2 Å². The molecule has 0 aromatic heterocycles. The van der Waals surface area contributed by atoms with Crippen molar-refractivity contribution in [1.29, 1.82) is 0 Å². The largest absolute Gasteiger partial charge is 0.468 e. The van der Waals surface area contributed by atoms with Gasteiger partial charge >= 0.3 is 5.97 Å². The molecule has 4 heteroatoms. The van der Waals surface area contributed by atoms with Crippen molar-refractivity contribution in [2.45, 2.75) is 38.6 Å². The lowest BCUT2D eigenvalue weighted by atomic mass is 10.1. The van der Waals surface area contributed by atoms with E-state index in [9.17, 15) is 4.79 Å². The summed E-state index contributed by atoms with van der Waals surface area (Å²) < 4.78 is 4.47.